The van der Waals surface area contributed by atoms with Crippen LogP contribution in [-0.4, -0.2) is 79.7 Å². The number of hydrogen-bond acceptors (Lipinski definition) is 14. The van der Waals surface area contributed by atoms with E-state index in [9.17, 15) is 44.0 Å². The molecular weight excluding hydrogens is 568 g/mol. The predicted molar refractivity (Wildman–Crippen MR) is 130 cm³/mol. The average Bonchev–Trinajstić information content (AvgIpc) is 2.86. The molecule has 4 unspecified atom stereocenters. The third kappa shape index (κ3) is 8.36. The SMILES string of the molecule is CC(=O)OCOC(=O)C(Cl)N1C(=O)C(C(C)OC(=O)OCc2ccc([N+](=O)[O-])cc2)[C@H]1SC(=O)C(O)C(C)=O. The Morgan fingerprint density at radius 1 is 1.13 bits per heavy atom. The lowest BCUT2D eigenvalue weighted by Crippen LogP contribution is -2.67. The Morgan fingerprint density at radius 2 is 1.74 bits per heavy atom. The van der Waals surface area contributed by atoms with E-state index in [1.807, 2.05) is 0 Å². The molecule has 0 aliphatic carbocycles. The maximum atomic E-state index is 12.9. The number of non-ortho nitro benzene ring substituents is 1. The van der Waals surface area contributed by atoms with E-state index in [0.717, 1.165) is 18.7 Å². The molecule has 0 aromatic heterocycles. The number of esters is 2. The number of Topliss-reactive ketones (excluding diaryl/α,β-unsaturated/α-hetero) is 1. The second-order valence-corrected chi connectivity index (χ2v) is 9.48. The smallest absolute Gasteiger partial charge is 0.430 e. The standard InChI is InChI=1S/C22H23ClN2O13S/c1-10(26)16(28)21(31)39-19-15(18(29)24(19)17(23)20(30)37-9-36-12(3)27)11(2)38-22(32)35-8-13-4-6-14(7-5-13)25(33)34/h4-7,11,15-17,19,28H,8-9H2,1-3H3/t11?,15?,16?,17?,19-/m1/s1. The van der Waals surface area contributed by atoms with E-state index < -0.39 is 75.6 Å². The van der Waals surface area contributed by atoms with Gasteiger partial charge in [0.2, 0.25) is 23.3 Å². The molecule has 1 aliphatic rings. The first-order chi connectivity index (χ1) is 18.2. The Labute approximate surface area is 229 Å². The van der Waals surface area contributed by atoms with Gasteiger partial charge in [-0.3, -0.25) is 29.3 Å². The first kappa shape index (κ1) is 31.5. The topological polar surface area (TPSA) is 206 Å². The van der Waals surface area contributed by atoms with Crippen molar-refractivity contribution in [3.63, 3.8) is 0 Å². The van der Waals surface area contributed by atoms with Gasteiger partial charge in [0.25, 0.3) is 5.69 Å². The van der Waals surface area contributed by atoms with Gasteiger partial charge in [0.1, 0.15) is 24.0 Å². The predicted octanol–water partition coefficient (Wildman–Crippen LogP) is 1.26. The molecule has 0 radical (unpaired) electrons. The van der Waals surface area contributed by atoms with Crippen molar-refractivity contribution in [1.82, 2.24) is 4.90 Å². The van der Waals surface area contributed by atoms with Crippen molar-refractivity contribution in [1.29, 1.82) is 0 Å². The van der Waals surface area contributed by atoms with Crippen molar-refractivity contribution >= 4 is 63.9 Å². The van der Waals surface area contributed by atoms with Crippen LogP contribution in [0, 0.1) is 16.0 Å². The van der Waals surface area contributed by atoms with Gasteiger partial charge in [-0.1, -0.05) is 23.4 Å². The Bertz CT molecular complexity index is 1150. The van der Waals surface area contributed by atoms with E-state index in [-0.39, 0.29) is 12.3 Å². The number of aliphatic hydroxyl groups is 1. The number of hydrogen-bond donors (Lipinski definition) is 1. The summed E-state index contributed by atoms with van der Waals surface area (Å²) >= 11 is 6.37. The zero-order valence-electron chi connectivity index (χ0n) is 20.6. The number of likely N-dealkylation sites (tertiary alicyclic amines) is 1. The number of ether oxygens (including phenoxy) is 4. The lowest BCUT2D eigenvalue weighted by Gasteiger charge is -2.49. The summed E-state index contributed by atoms with van der Waals surface area (Å²) in [5, 5.41) is 18.2. The molecule has 1 amide bonds. The highest BCUT2D eigenvalue weighted by Gasteiger charge is 2.57. The molecule has 39 heavy (non-hydrogen) atoms. The number of nitro benzene ring substituents is 1. The summed E-state index contributed by atoms with van der Waals surface area (Å²) in [6.45, 7) is 2.23. The summed E-state index contributed by atoms with van der Waals surface area (Å²) in [4.78, 5) is 82.8. The van der Waals surface area contributed by atoms with Crippen molar-refractivity contribution in [2.24, 2.45) is 5.92 Å². The fourth-order valence-corrected chi connectivity index (χ4v) is 4.84. The fourth-order valence-electron chi connectivity index (χ4n) is 3.13. The van der Waals surface area contributed by atoms with Gasteiger partial charge in [-0.15, -0.1) is 0 Å². The van der Waals surface area contributed by atoms with Gasteiger partial charge in [0.05, 0.1) is 4.92 Å². The number of nitrogens with zero attached hydrogens (tertiary/aromatic N) is 2. The molecule has 5 atom stereocenters. The minimum Gasteiger partial charge on any atom is -0.430 e. The number of aliphatic hydroxyl groups excluding tert-OH is 1. The van der Waals surface area contributed by atoms with Crippen LogP contribution in [0.1, 0.15) is 26.3 Å². The quantitative estimate of drug-likeness (QED) is 0.0531. The number of carbonyl (C=O) groups is 6. The Morgan fingerprint density at radius 3 is 2.28 bits per heavy atom. The summed E-state index contributed by atoms with van der Waals surface area (Å²) < 4.78 is 19.2. The van der Waals surface area contributed by atoms with E-state index >= 15 is 0 Å². The molecule has 0 saturated carbocycles. The summed E-state index contributed by atoms with van der Waals surface area (Å²) in [6.07, 6.45) is -4.48. The number of ketones is 1. The molecule has 2 rings (SSSR count). The highest BCUT2D eigenvalue weighted by molar-refractivity contribution is 8.14. The van der Waals surface area contributed by atoms with Crippen LogP contribution in [0.3, 0.4) is 0 Å². The first-order valence-corrected chi connectivity index (χ1v) is 12.3. The highest BCUT2D eigenvalue weighted by Crippen LogP contribution is 2.41. The van der Waals surface area contributed by atoms with E-state index in [1.54, 1.807) is 0 Å². The zero-order chi connectivity index (χ0) is 29.4. The number of β-lactam (4-membered cyclic amide) rings is 1. The number of benzene rings is 1. The van der Waals surface area contributed by atoms with Crippen LogP contribution in [0.5, 0.6) is 0 Å². The van der Waals surface area contributed by atoms with Gasteiger partial charge < -0.3 is 29.0 Å². The van der Waals surface area contributed by atoms with Crippen molar-refractivity contribution in [2.75, 3.05) is 6.79 Å². The summed E-state index contributed by atoms with van der Waals surface area (Å²) in [5.74, 6) is -4.92. The van der Waals surface area contributed by atoms with Crippen molar-refractivity contribution < 1.29 is 57.7 Å². The largest absolute Gasteiger partial charge is 0.508 e. The van der Waals surface area contributed by atoms with E-state index in [4.69, 9.17) is 21.1 Å². The van der Waals surface area contributed by atoms with Gasteiger partial charge in [-0.05, 0) is 31.5 Å². The number of alkyl halides is 1. The summed E-state index contributed by atoms with van der Waals surface area (Å²) in [7, 11) is 0. The molecule has 1 fully saturated rings. The van der Waals surface area contributed by atoms with Gasteiger partial charge in [0.15, 0.2) is 11.9 Å². The van der Waals surface area contributed by atoms with Gasteiger partial charge in [0, 0.05) is 19.1 Å². The first-order valence-electron chi connectivity index (χ1n) is 11.0. The lowest BCUT2D eigenvalue weighted by molar-refractivity contribution is -0.384. The number of halogens is 1. The summed E-state index contributed by atoms with van der Waals surface area (Å²) in [6, 6.07) is 5.15. The molecule has 1 aromatic carbocycles. The Hall–Kier alpha value is -3.76. The van der Waals surface area contributed by atoms with Crippen molar-refractivity contribution in [3.05, 3.63) is 39.9 Å². The number of amides is 1. The number of nitro groups is 1. The fraction of sp³-hybridized carbons (Fsp3) is 0.455. The van der Waals surface area contributed by atoms with E-state index in [2.05, 4.69) is 9.47 Å². The molecule has 1 aliphatic heterocycles. The molecule has 0 bridgehead atoms. The minimum atomic E-state index is -2.03. The highest BCUT2D eigenvalue weighted by atomic mass is 35.5. The van der Waals surface area contributed by atoms with Crippen molar-refractivity contribution in [3.8, 4) is 0 Å². The third-order valence-corrected chi connectivity index (χ3v) is 6.77. The number of carbonyl (C=O) groups excluding carboxylic acids is 6. The van der Waals surface area contributed by atoms with Crippen LogP contribution >= 0.6 is 23.4 Å². The number of thioether (sulfide) groups is 1. The third-order valence-electron chi connectivity index (χ3n) is 5.16. The normalized spacial score (nSPS) is 18.6. The maximum absolute atomic E-state index is 12.9. The van der Waals surface area contributed by atoms with E-state index in [1.165, 1.54) is 31.2 Å². The molecule has 0 spiro atoms. The van der Waals surface area contributed by atoms with Crippen LogP contribution < -0.4 is 0 Å². The molecular formula is C22H23ClN2O13S. The average molecular weight is 591 g/mol. The van der Waals surface area contributed by atoms with Crippen LogP contribution in [0.25, 0.3) is 0 Å². The molecule has 15 nitrogen and oxygen atoms in total. The minimum absolute atomic E-state index is 0.163. The Balaban J connectivity index is 2.08. The monoisotopic (exact) mass is 590 g/mol. The molecule has 212 valence electrons. The molecule has 17 heteroatoms. The zero-order valence-corrected chi connectivity index (χ0v) is 22.2. The number of rotatable bonds is 12. The van der Waals surface area contributed by atoms with Gasteiger partial charge in [-0.25, -0.2) is 9.59 Å². The van der Waals surface area contributed by atoms with E-state index in [0.29, 0.717) is 17.3 Å². The van der Waals surface area contributed by atoms with Crippen LogP contribution in [-0.2, 0) is 49.5 Å². The second kappa shape index (κ2) is 13.9. The van der Waals surface area contributed by atoms with Crippen molar-refractivity contribution in [2.45, 2.75) is 50.5 Å². The van der Waals surface area contributed by atoms with Crippen LogP contribution in [0.2, 0.25) is 0 Å². The molecule has 1 saturated heterocycles. The lowest BCUT2D eigenvalue weighted by atomic mass is 9.92. The maximum Gasteiger partial charge on any atom is 0.508 e. The summed E-state index contributed by atoms with van der Waals surface area (Å²) in [5.41, 5.74) is -1.56. The van der Waals surface area contributed by atoms with Crippen LogP contribution in [0.4, 0.5) is 10.5 Å². The molecule has 1 N–H and O–H groups in total. The Kier molecular flexibility index (Phi) is 11.2. The molecule has 1 heterocycles. The second-order valence-electron chi connectivity index (χ2n) is 7.95. The molecule has 1 aromatic rings. The van der Waals surface area contributed by atoms with Gasteiger partial charge >= 0.3 is 18.1 Å². The van der Waals surface area contributed by atoms with Crippen LogP contribution in [0.15, 0.2) is 24.3 Å². The van der Waals surface area contributed by atoms with Gasteiger partial charge in [-0.2, -0.15) is 0 Å².